The minimum absolute atomic E-state index is 0.230. The number of nitrogens with one attached hydrogen (secondary N) is 2. The van der Waals surface area contributed by atoms with Gasteiger partial charge in [-0.05, 0) is 24.3 Å². The van der Waals surface area contributed by atoms with Crippen LogP contribution in [0.5, 0.6) is 0 Å². The number of halogens is 3. The fraction of sp³-hybridized carbons (Fsp3) is 0.462. The van der Waals surface area contributed by atoms with Gasteiger partial charge in [0, 0.05) is 31.7 Å². The van der Waals surface area contributed by atoms with Gasteiger partial charge in [-0.3, -0.25) is 9.69 Å². The van der Waals surface area contributed by atoms with Crippen LogP contribution in [-0.4, -0.2) is 43.7 Å². The average Bonchev–Trinajstić information content (AvgIpc) is 2.45. The molecule has 4 nitrogen and oxygen atoms in total. The molecule has 0 saturated carbocycles. The number of amides is 1. The highest BCUT2D eigenvalue weighted by atomic mass is 19.4. The third kappa shape index (κ3) is 3.94. The van der Waals surface area contributed by atoms with Crippen molar-refractivity contribution in [1.82, 2.24) is 15.5 Å². The summed E-state index contributed by atoms with van der Waals surface area (Å²) in [5, 5.41) is 5.90. The van der Waals surface area contributed by atoms with Gasteiger partial charge in [-0.15, -0.1) is 0 Å². The molecule has 1 aromatic carbocycles. The Hall–Kier alpha value is -1.60. The Kier molecular flexibility index (Phi) is 4.61. The normalized spacial score (nSPS) is 16.9. The summed E-state index contributed by atoms with van der Waals surface area (Å²) in [4.78, 5) is 13.9. The molecule has 0 atom stereocenters. The summed E-state index contributed by atoms with van der Waals surface area (Å²) in [6.07, 6.45) is -4.38. The van der Waals surface area contributed by atoms with Gasteiger partial charge in [0.2, 0.25) is 0 Å². The van der Waals surface area contributed by atoms with Gasteiger partial charge in [0.15, 0.2) is 0 Å². The van der Waals surface area contributed by atoms with Crippen LogP contribution in [0.4, 0.5) is 13.2 Å². The second-order valence-electron chi connectivity index (χ2n) is 4.61. The van der Waals surface area contributed by atoms with Gasteiger partial charge < -0.3 is 10.6 Å². The molecule has 1 amide bonds. The van der Waals surface area contributed by atoms with Crippen molar-refractivity contribution in [2.45, 2.75) is 6.18 Å². The van der Waals surface area contributed by atoms with Crippen LogP contribution in [0.25, 0.3) is 0 Å². The number of carbonyl (C=O) groups is 1. The molecular weight excluding hydrogens is 271 g/mol. The summed E-state index contributed by atoms with van der Waals surface area (Å²) in [6.45, 7) is 3.83. The fourth-order valence-electron chi connectivity index (χ4n) is 1.97. The molecular formula is C13H16F3N3O. The first-order chi connectivity index (χ1) is 9.47. The second kappa shape index (κ2) is 6.23. The first kappa shape index (κ1) is 14.8. The molecule has 0 spiro atoms. The molecule has 1 aliphatic rings. The van der Waals surface area contributed by atoms with Crippen molar-refractivity contribution in [3.8, 4) is 0 Å². The highest BCUT2D eigenvalue weighted by Crippen LogP contribution is 2.28. The Balaban J connectivity index is 1.89. The van der Waals surface area contributed by atoms with Crippen LogP contribution in [0, 0.1) is 0 Å². The lowest BCUT2D eigenvalue weighted by atomic mass is 10.1. The zero-order chi connectivity index (χ0) is 14.6. The Morgan fingerprint density at radius 3 is 2.35 bits per heavy atom. The van der Waals surface area contributed by atoms with Crippen molar-refractivity contribution >= 4 is 5.91 Å². The number of alkyl halides is 3. The smallest absolute Gasteiger partial charge is 0.339 e. The standard InChI is InChI=1S/C13H16F3N3O/c14-13(15,16)11-3-1-10(2-4-11)12(20)18-9-19-7-5-17-6-8-19/h1-4,17H,5-9H2,(H,18,20). The van der Waals surface area contributed by atoms with Crippen LogP contribution >= 0.6 is 0 Å². The van der Waals surface area contributed by atoms with E-state index >= 15 is 0 Å². The quantitative estimate of drug-likeness (QED) is 0.880. The van der Waals surface area contributed by atoms with E-state index in [1.807, 2.05) is 0 Å². The van der Waals surface area contributed by atoms with Gasteiger partial charge in [0.05, 0.1) is 12.2 Å². The third-order valence-electron chi connectivity index (χ3n) is 3.15. The average molecular weight is 287 g/mol. The van der Waals surface area contributed by atoms with Gasteiger partial charge in [0.25, 0.3) is 5.91 Å². The SMILES string of the molecule is O=C(NCN1CCNCC1)c1ccc(C(F)(F)F)cc1. The van der Waals surface area contributed by atoms with Gasteiger partial charge in [-0.2, -0.15) is 13.2 Å². The second-order valence-corrected chi connectivity index (χ2v) is 4.61. The molecule has 1 saturated heterocycles. The Morgan fingerprint density at radius 2 is 1.80 bits per heavy atom. The van der Waals surface area contributed by atoms with Crippen LogP contribution in [0.3, 0.4) is 0 Å². The number of carbonyl (C=O) groups excluding carboxylic acids is 1. The molecule has 1 aliphatic heterocycles. The summed E-state index contributed by atoms with van der Waals surface area (Å²) >= 11 is 0. The minimum Gasteiger partial charge on any atom is -0.339 e. The highest BCUT2D eigenvalue weighted by Gasteiger charge is 2.30. The van der Waals surface area contributed by atoms with Crippen LogP contribution in [-0.2, 0) is 6.18 Å². The summed E-state index contributed by atoms with van der Waals surface area (Å²) in [6, 6.07) is 4.21. The molecule has 2 N–H and O–H groups in total. The minimum atomic E-state index is -4.38. The highest BCUT2D eigenvalue weighted by molar-refractivity contribution is 5.94. The Morgan fingerprint density at radius 1 is 1.20 bits per heavy atom. The van der Waals surface area contributed by atoms with E-state index < -0.39 is 11.7 Å². The van der Waals surface area contributed by atoms with Crippen molar-refractivity contribution in [2.24, 2.45) is 0 Å². The van der Waals surface area contributed by atoms with Crippen LogP contribution in [0.15, 0.2) is 24.3 Å². The molecule has 0 aromatic heterocycles. The van der Waals surface area contributed by atoms with Crippen molar-refractivity contribution in [3.63, 3.8) is 0 Å². The zero-order valence-electron chi connectivity index (χ0n) is 10.8. The Bertz CT molecular complexity index is 453. The molecule has 0 bridgehead atoms. The first-order valence-electron chi connectivity index (χ1n) is 6.35. The Labute approximate surface area is 114 Å². The van der Waals surface area contributed by atoms with Gasteiger partial charge in [0.1, 0.15) is 0 Å². The molecule has 0 radical (unpaired) electrons. The predicted octanol–water partition coefficient (Wildman–Crippen LogP) is 1.30. The van der Waals surface area contributed by atoms with Crippen molar-refractivity contribution in [1.29, 1.82) is 0 Å². The predicted molar refractivity (Wildman–Crippen MR) is 68.2 cm³/mol. The number of rotatable bonds is 3. The van der Waals surface area contributed by atoms with Crippen LogP contribution < -0.4 is 10.6 Å². The molecule has 20 heavy (non-hydrogen) atoms. The van der Waals surface area contributed by atoms with E-state index in [1.165, 1.54) is 12.1 Å². The first-order valence-corrected chi connectivity index (χ1v) is 6.35. The number of hydrogen-bond acceptors (Lipinski definition) is 3. The van der Waals surface area contributed by atoms with E-state index in [0.29, 0.717) is 6.67 Å². The largest absolute Gasteiger partial charge is 0.416 e. The van der Waals surface area contributed by atoms with E-state index in [9.17, 15) is 18.0 Å². The lowest BCUT2D eigenvalue weighted by Gasteiger charge is -2.27. The molecule has 1 fully saturated rings. The number of nitrogens with zero attached hydrogens (tertiary/aromatic N) is 1. The summed E-state index contributed by atoms with van der Waals surface area (Å²) in [5.74, 6) is -0.364. The zero-order valence-corrected chi connectivity index (χ0v) is 10.8. The van der Waals surface area contributed by atoms with Gasteiger partial charge in [-0.1, -0.05) is 0 Å². The summed E-state index contributed by atoms with van der Waals surface area (Å²) < 4.78 is 37.2. The molecule has 0 unspecified atom stereocenters. The number of benzene rings is 1. The van der Waals surface area contributed by atoms with Gasteiger partial charge >= 0.3 is 6.18 Å². The van der Waals surface area contributed by atoms with Crippen molar-refractivity contribution in [2.75, 3.05) is 32.8 Å². The maximum absolute atomic E-state index is 12.4. The van der Waals surface area contributed by atoms with Crippen LogP contribution in [0.1, 0.15) is 15.9 Å². The lowest BCUT2D eigenvalue weighted by Crippen LogP contribution is -2.48. The monoisotopic (exact) mass is 287 g/mol. The van der Waals surface area contributed by atoms with E-state index in [0.717, 1.165) is 38.3 Å². The lowest BCUT2D eigenvalue weighted by molar-refractivity contribution is -0.137. The van der Waals surface area contributed by atoms with Gasteiger partial charge in [-0.25, -0.2) is 0 Å². The van der Waals surface area contributed by atoms with E-state index in [4.69, 9.17) is 0 Å². The topological polar surface area (TPSA) is 44.4 Å². The third-order valence-corrected chi connectivity index (χ3v) is 3.15. The van der Waals surface area contributed by atoms with Crippen molar-refractivity contribution < 1.29 is 18.0 Å². The van der Waals surface area contributed by atoms with Crippen LogP contribution in [0.2, 0.25) is 0 Å². The van der Waals surface area contributed by atoms with Crippen molar-refractivity contribution in [3.05, 3.63) is 35.4 Å². The molecule has 7 heteroatoms. The molecule has 2 rings (SSSR count). The van der Waals surface area contributed by atoms with E-state index in [2.05, 4.69) is 15.5 Å². The number of piperazine rings is 1. The maximum atomic E-state index is 12.4. The molecule has 1 aromatic rings. The van der Waals surface area contributed by atoms with E-state index in [-0.39, 0.29) is 11.5 Å². The molecule has 0 aliphatic carbocycles. The summed E-state index contributed by atoms with van der Waals surface area (Å²) in [7, 11) is 0. The van der Waals surface area contributed by atoms with E-state index in [1.54, 1.807) is 0 Å². The number of hydrogen-bond donors (Lipinski definition) is 2. The molecule has 1 heterocycles. The fourth-order valence-corrected chi connectivity index (χ4v) is 1.97. The maximum Gasteiger partial charge on any atom is 0.416 e. The molecule has 110 valence electrons. The summed E-state index contributed by atoms with van der Waals surface area (Å²) in [5.41, 5.74) is -0.524.